The second-order valence-corrected chi connectivity index (χ2v) is 8.61. The average molecular weight is 414 g/mol. The van der Waals surface area contributed by atoms with Crippen molar-refractivity contribution in [3.8, 4) is 11.6 Å². The van der Waals surface area contributed by atoms with Gasteiger partial charge in [0.15, 0.2) is 0 Å². The Morgan fingerprint density at radius 3 is 2.55 bits per heavy atom. The third kappa shape index (κ3) is 4.61. The van der Waals surface area contributed by atoms with Gasteiger partial charge in [-0.2, -0.15) is 0 Å². The van der Waals surface area contributed by atoms with E-state index in [2.05, 4.69) is 48.9 Å². The van der Waals surface area contributed by atoms with Crippen molar-refractivity contribution in [1.29, 1.82) is 0 Å². The van der Waals surface area contributed by atoms with Crippen LogP contribution in [0.1, 0.15) is 31.9 Å². The van der Waals surface area contributed by atoms with Gasteiger partial charge in [-0.3, -0.25) is 4.79 Å². The predicted molar refractivity (Wildman–Crippen MR) is 125 cm³/mol. The Balaban J connectivity index is 1.52. The van der Waals surface area contributed by atoms with Crippen LogP contribution in [0.25, 0.3) is 10.9 Å². The fourth-order valence-corrected chi connectivity index (χ4v) is 3.62. The largest absolute Gasteiger partial charge is 0.437 e. The fourth-order valence-electron chi connectivity index (χ4n) is 3.62. The highest BCUT2D eigenvalue weighted by molar-refractivity contribution is 5.83. The first-order valence-electron chi connectivity index (χ1n) is 10.5. The zero-order valence-electron chi connectivity index (χ0n) is 18.1. The zero-order chi connectivity index (χ0) is 21.8. The molecular weight excluding hydrogens is 386 g/mol. The van der Waals surface area contributed by atoms with Gasteiger partial charge >= 0.3 is 0 Å². The molecule has 2 aromatic heterocycles. The number of ether oxygens (including phenoxy) is 1. The number of anilines is 1. The van der Waals surface area contributed by atoms with Gasteiger partial charge in [-0.1, -0.05) is 51.1 Å². The first-order chi connectivity index (χ1) is 15.0. The lowest BCUT2D eigenvalue weighted by Gasteiger charge is -2.21. The molecule has 2 heterocycles. The topological polar surface area (TPSA) is 58.2 Å². The van der Waals surface area contributed by atoms with Crippen molar-refractivity contribution >= 4 is 23.0 Å². The number of benzene rings is 2. The molecule has 0 fully saturated rings. The van der Waals surface area contributed by atoms with Crippen molar-refractivity contribution < 1.29 is 9.53 Å². The molecule has 0 saturated heterocycles. The van der Waals surface area contributed by atoms with Crippen LogP contribution in [0.3, 0.4) is 0 Å². The number of hydrogen-bond acceptors (Lipinski definition) is 3. The molecule has 4 rings (SSSR count). The molecule has 0 aliphatic carbocycles. The van der Waals surface area contributed by atoms with Crippen LogP contribution in [0.15, 0.2) is 73.1 Å². The van der Waals surface area contributed by atoms with Gasteiger partial charge in [0.1, 0.15) is 11.4 Å². The van der Waals surface area contributed by atoms with Gasteiger partial charge < -0.3 is 14.6 Å². The van der Waals surface area contributed by atoms with E-state index in [-0.39, 0.29) is 5.41 Å². The van der Waals surface area contributed by atoms with Crippen molar-refractivity contribution in [3.63, 3.8) is 0 Å². The van der Waals surface area contributed by atoms with Crippen LogP contribution in [0.4, 0.5) is 5.69 Å². The van der Waals surface area contributed by atoms with Gasteiger partial charge in [0.2, 0.25) is 12.3 Å². The summed E-state index contributed by atoms with van der Waals surface area (Å²) in [6.07, 6.45) is 5.23. The smallest absolute Gasteiger partial charge is 0.243 e. The second-order valence-electron chi connectivity index (χ2n) is 8.61. The molecule has 0 bridgehead atoms. The van der Waals surface area contributed by atoms with Crippen molar-refractivity contribution in [3.05, 3.63) is 84.2 Å². The Morgan fingerprint density at radius 2 is 1.81 bits per heavy atom. The molecule has 2 aromatic carbocycles. The summed E-state index contributed by atoms with van der Waals surface area (Å²) in [6.45, 7) is 7.05. The van der Waals surface area contributed by atoms with E-state index in [0.717, 1.165) is 18.3 Å². The first kappa shape index (κ1) is 20.7. The molecule has 158 valence electrons. The van der Waals surface area contributed by atoms with Gasteiger partial charge in [0, 0.05) is 29.8 Å². The lowest BCUT2D eigenvalue weighted by Crippen LogP contribution is -2.24. The summed E-state index contributed by atoms with van der Waals surface area (Å²) in [6, 6.07) is 19.8. The maximum Gasteiger partial charge on any atom is 0.243 e. The van der Waals surface area contributed by atoms with Gasteiger partial charge in [-0.25, -0.2) is 4.98 Å². The molecule has 0 aliphatic heterocycles. The predicted octanol–water partition coefficient (Wildman–Crippen LogP) is 5.86. The van der Waals surface area contributed by atoms with Crippen LogP contribution >= 0.6 is 0 Å². The van der Waals surface area contributed by atoms with Crippen molar-refractivity contribution in [2.75, 3.05) is 11.4 Å². The SMILES string of the molecule is CC(C)(C)c1ccc(Oc2ncccc2N(C=O)CCc2c[nH]c3ccccc23)cc1. The molecule has 5 heteroatoms. The number of aromatic nitrogens is 2. The molecule has 0 atom stereocenters. The number of fused-ring (bicyclic) bond motifs is 1. The molecule has 4 aromatic rings. The van der Waals surface area contributed by atoms with E-state index < -0.39 is 0 Å². The average Bonchev–Trinajstić information content (AvgIpc) is 3.18. The summed E-state index contributed by atoms with van der Waals surface area (Å²) in [5.74, 6) is 1.10. The third-order valence-electron chi connectivity index (χ3n) is 5.42. The Bertz CT molecular complexity index is 1170. The number of hydrogen-bond donors (Lipinski definition) is 1. The van der Waals surface area contributed by atoms with E-state index in [1.54, 1.807) is 11.1 Å². The Morgan fingerprint density at radius 1 is 1.03 bits per heavy atom. The summed E-state index contributed by atoms with van der Waals surface area (Å²) in [7, 11) is 0. The molecule has 5 nitrogen and oxygen atoms in total. The summed E-state index contributed by atoms with van der Waals surface area (Å²) in [5.41, 5.74) is 4.23. The first-order valence-corrected chi connectivity index (χ1v) is 10.5. The number of pyridine rings is 1. The zero-order valence-corrected chi connectivity index (χ0v) is 18.1. The highest BCUT2D eigenvalue weighted by Gasteiger charge is 2.16. The number of amides is 1. The molecule has 0 saturated carbocycles. The van der Waals surface area contributed by atoms with Gasteiger partial charge in [0.05, 0.1) is 0 Å². The minimum absolute atomic E-state index is 0.0748. The maximum absolute atomic E-state index is 11.9. The molecule has 0 radical (unpaired) electrons. The van der Waals surface area contributed by atoms with Crippen LogP contribution in [-0.2, 0) is 16.6 Å². The van der Waals surface area contributed by atoms with Crippen LogP contribution in [0.5, 0.6) is 11.6 Å². The number of rotatable bonds is 7. The molecule has 1 amide bonds. The quantitative estimate of drug-likeness (QED) is 0.386. The monoisotopic (exact) mass is 413 g/mol. The Kier molecular flexibility index (Phi) is 5.76. The number of para-hydroxylation sites is 1. The van der Waals surface area contributed by atoms with E-state index in [1.165, 1.54) is 16.5 Å². The Hall–Kier alpha value is -3.60. The molecule has 0 unspecified atom stereocenters. The minimum atomic E-state index is 0.0748. The lowest BCUT2D eigenvalue weighted by atomic mass is 9.87. The molecular formula is C26H27N3O2. The highest BCUT2D eigenvalue weighted by Crippen LogP contribution is 2.31. The van der Waals surface area contributed by atoms with Gasteiger partial charge in [-0.15, -0.1) is 0 Å². The lowest BCUT2D eigenvalue weighted by molar-refractivity contribution is -0.107. The van der Waals surface area contributed by atoms with E-state index in [4.69, 9.17) is 4.74 Å². The number of aromatic amines is 1. The number of nitrogens with zero attached hydrogens (tertiary/aromatic N) is 2. The van der Waals surface area contributed by atoms with Crippen molar-refractivity contribution in [2.24, 2.45) is 0 Å². The maximum atomic E-state index is 11.9. The highest BCUT2D eigenvalue weighted by atomic mass is 16.5. The normalized spacial score (nSPS) is 11.5. The fraction of sp³-hybridized carbons (Fsp3) is 0.231. The van der Waals surface area contributed by atoms with Crippen LogP contribution in [0.2, 0.25) is 0 Å². The molecule has 31 heavy (non-hydrogen) atoms. The van der Waals surface area contributed by atoms with E-state index >= 15 is 0 Å². The van der Waals surface area contributed by atoms with Crippen LogP contribution < -0.4 is 9.64 Å². The molecule has 0 spiro atoms. The standard InChI is InChI=1S/C26H27N3O2/c1-26(2,3)20-10-12-21(13-11-20)31-25-24(9-6-15-27-25)29(18-30)16-14-19-17-28-23-8-5-4-7-22(19)23/h4-13,15,17-18,28H,14,16H2,1-3H3. The summed E-state index contributed by atoms with van der Waals surface area (Å²) in [5, 5.41) is 1.18. The van der Waals surface area contributed by atoms with Crippen molar-refractivity contribution in [2.45, 2.75) is 32.6 Å². The van der Waals surface area contributed by atoms with E-state index in [0.29, 0.717) is 23.9 Å². The number of H-pyrrole nitrogens is 1. The van der Waals surface area contributed by atoms with E-state index in [1.807, 2.05) is 48.7 Å². The summed E-state index contributed by atoms with van der Waals surface area (Å²) in [4.78, 5) is 21.2. The number of nitrogens with one attached hydrogen (secondary N) is 1. The number of carbonyl (C=O) groups excluding carboxylic acids is 1. The van der Waals surface area contributed by atoms with Crippen molar-refractivity contribution in [1.82, 2.24) is 9.97 Å². The number of carbonyl (C=O) groups is 1. The summed E-state index contributed by atoms with van der Waals surface area (Å²) < 4.78 is 6.05. The molecule has 0 aliphatic rings. The molecule has 1 N–H and O–H groups in total. The minimum Gasteiger partial charge on any atom is -0.437 e. The van der Waals surface area contributed by atoms with Gasteiger partial charge in [0.25, 0.3) is 0 Å². The summed E-state index contributed by atoms with van der Waals surface area (Å²) >= 11 is 0. The van der Waals surface area contributed by atoms with E-state index in [9.17, 15) is 4.79 Å². The van der Waals surface area contributed by atoms with Crippen LogP contribution in [-0.4, -0.2) is 22.9 Å². The third-order valence-corrected chi connectivity index (χ3v) is 5.42. The Labute approximate surface area is 182 Å². The van der Waals surface area contributed by atoms with Crippen LogP contribution in [0, 0.1) is 0 Å². The second kappa shape index (κ2) is 8.64. The van der Waals surface area contributed by atoms with Gasteiger partial charge in [-0.05, 0) is 53.3 Å².